The lowest BCUT2D eigenvalue weighted by molar-refractivity contribution is 0.0748. The van der Waals surface area contributed by atoms with Crippen LogP contribution in [0.2, 0.25) is 0 Å². The molecule has 0 aromatic heterocycles. The van der Waals surface area contributed by atoms with Crippen LogP contribution in [0.3, 0.4) is 0 Å². The van der Waals surface area contributed by atoms with Gasteiger partial charge in [-0.1, -0.05) is 13.0 Å². The fourth-order valence-corrected chi connectivity index (χ4v) is 3.96. The number of ketones is 1. The number of hydrogen-bond acceptors (Lipinski definition) is 4. The van der Waals surface area contributed by atoms with Gasteiger partial charge >= 0.3 is 0 Å². The minimum absolute atomic E-state index is 0.0864. The Morgan fingerprint density at radius 3 is 2.50 bits per heavy atom. The first kappa shape index (κ1) is 20.3. The van der Waals surface area contributed by atoms with Gasteiger partial charge < -0.3 is 9.47 Å². The maximum atomic E-state index is 13.2. The Labute approximate surface area is 166 Å². The molecule has 1 fully saturated rings. The van der Waals surface area contributed by atoms with E-state index >= 15 is 0 Å². The lowest BCUT2D eigenvalue weighted by Crippen LogP contribution is -2.39. The van der Waals surface area contributed by atoms with Crippen molar-refractivity contribution in [2.75, 3.05) is 27.3 Å². The van der Waals surface area contributed by atoms with Gasteiger partial charge in [0.1, 0.15) is 5.82 Å². The summed E-state index contributed by atoms with van der Waals surface area (Å²) in [5, 5.41) is 0. The van der Waals surface area contributed by atoms with Crippen molar-refractivity contribution in [3.05, 3.63) is 65.8 Å². The summed E-state index contributed by atoms with van der Waals surface area (Å²) in [5.74, 6) is 1.05. The van der Waals surface area contributed by atoms with Gasteiger partial charge in [0.15, 0.2) is 17.3 Å². The van der Waals surface area contributed by atoms with Crippen LogP contribution < -0.4 is 9.47 Å². The molecular weight excluding hydrogens is 357 g/mol. The summed E-state index contributed by atoms with van der Waals surface area (Å²) in [7, 11) is 3.24. The Bertz CT molecular complexity index is 806. The van der Waals surface area contributed by atoms with Gasteiger partial charge in [-0.05, 0) is 67.8 Å². The van der Waals surface area contributed by atoms with E-state index in [0.29, 0.717) is 17.1 Å². The van der Waals surface area contributed by atoms with Gasteiger partial charge in [-0.2, -0.15) is 0 Å². The zero-order valence-electron chi connectivity index (χ0n) is 16.7. The summed E-state index contributed by atoms with van der Waals surface area (Å²) in [6.45, 7) is 3.73. The maximum absolute atomic E-state index is 13.2. The van der Waals surface area contributed by atoms with Crippen molar-refractivity contribution in [3.8, 4) is 11.5 Å². The highest BCUT2D eigenvalue weighted by atomic mass is 19.1. The third-order valence-corrected chi connectivity index (χ3v) is 5.42. The second-order valence-corrected chi connectivity index (χ2v) is 7.13. The van der Waals surface area contributed by atoms with Gasteiger partial charge in [0, 0.05) is 24.1 Å². The van der Waals surface area contributed by atoms with Gasteiger partial charge in [-0.15, -0.1) is 0 Å². The maximum Gasteiger partial charge on any atom is 0.166 e. The molecule has 0 spiro atoms. The normalized spacial score (nSPS) is 20.0. The van der Waals surface area contributed by atoms with Crippen LogP contribution in [0.1, 0.15) is 41.7 Å². The Balaban J connectivity index is 1.86. The summed E-state index contributed by atoms with van der Waals surface area (Å²) in [4.78, 5) is 15.4. The molecule has 0 bridgehead atoms. The predicted octanol–water partition coefficient (Wildman–Crippen LogP) is 4.70. The van der Waals surface area contributed by atoms with Crippen molar-refractivity contribution in [1.29, 1.82) is 0 Å². The molecule has 1 aliphatic heterocycles. The number of Topliss-reactive ketones (excluding diaryl/α,β-unsaturated/α-hetero) is 1. The number of benzene rings is 2. The Morgan fingerprint density at radius 2 is 1.86 bits per heavy atom. The van der Waals surface area contributed by atoms with Crippen LogP contribution in [0.25, 0.3) is 0 Å². The number of halogens is 1. The van der Waals surface area contributed by atoms with Crippen LogP contribution in [0.5, 0.6) is 11.5 Å². The summed E-state index contributed by atoms with van der Waals surface area (Å²) < 4.78 is 24.0. The smallest absolute Gasteiger partial charge is 0.166 e. The number of likely N-dealkylation sites (tertiary alicyclic amines) is 1. The number of carbonyl (C=O) groups is 1. The number of hydrogen-bond donors (Lipinski definition) is 0. The van der Waals surface area contributed by atoms with E-state index in [-0.39, 0.29) is 23.6 Å². The molecule has 1 saturated heterocycles. The van der Waals surface area contributed by atoms with E-state index < -0.39 is 0 Å². The molecule has 0 aliphatic carbocycles. The number of piperidine rings is 1. The summed E-state index contributed by atoms with van der Waals surface area (Å²) in [6, 6.07) is 11.9. The first-order chi connectivity index (χ1) is 13.6. The van der Waals surface area contributed by atoms with Crippen molar-refractivity contribution in [3.63, 3.8) is 0 Å². The molecule has 3 rings (SSSR count). The highest BCUT2D eigenvalue weighted by Crippen LogP contribution is 2.39. The van der Waals surface area contributed by atoms with Crippen molar-refractivity contribution < 1.29 is 18.7 Å². The van der Waals surface area contributed by atoms with E-state index in [1.165, 1.54) is 12.1 Å². The zero-order valence-corrected chi connectivity index (χ0v) is 16.7. The van der Waals surface area contributed by atoms with Crippen LogP contribution in [0, 0.1) is 18.2 Å². The molecule has 0 N–H and O–H groups in total. The topological polar surface area (TPSA) is 38.8 Å². The van der Waals surface area contributed by atoms with Gasteiger partial charge in [-0.25, -0.2) is 4.39 Å². The average Bonchev–Trinajstić information content (AvgIpc) is 2.73. The first-order valence-electron chi connectivity index (χ1n) is 9.61. The fraction of sp³-hybridized carbons (Fsp3) is 0.391. The standard InChI is InChI=1S/C23H27FNO3/c1-4-12-25-13-11-18(23(26)16-5-8-19(24)9-6-16)14-20(25)17-7-10-21(27-2)22(15-17)28-3/h4-10,15,18,20H,11-14H2,1-3H3. The highest BCUT2D eigenvalue weighted by Gasteiger charge is 2.33. The second kappa shape index (κ2) is 9.20. The van der Waals surface area contributed by atoms with E-state index in [2.05, 4.69) is 11.3 Å². The molecule has 4 nitrogen and oxygen atoms in total. The van der Waals surface area contributed by atoms with E-state index in [1.807, 2.05) is 25.1 Å². The lowest BCUT2D eigenvalue weighted by atomic mass is 9.82. The van der Waals surface area contributed by atoms with Crippen LogP contribution in [0.15, 0.2) is 42.5 Å². The molecule has 149 valence electrons. The number of methoxy groups -OCH3 is 2. The predicted molar refractivity (Wildman–Crippen MR) is 107 cm³/mol. The second-order valence-electron chi connectivity index (χ2n) is 7.13. The highest BCUT2D eigenvalue weighted by molar-refractivity contribution is 5.97. The van der Waals surface area contributed by atoms with Crippen LogP contribution in [-0.2, 0) is 0 Å². The average molecular weight is 384 g/mol. The Kier molecular flexibility index (Phi) is 6.68. The molecule has 1 heterocycles. The van der Waals surface area contributed by atoms with Gasteiger partial charge in [0.2, 0.25) is 0 Å². The molecule has 5 heteroatoms. The zero-order chi connectivity index (χ0) is 20.1. The fourth-order valence-electron chi connectivity index (χ4n) is 3.96. The number of carbonyl (C=O) groups excluding carboxylic acids is 1. The van der Waals surface area contributed by atoms with Gasteiger partial charge in [0.05, 0.1) is 14.2 Å². The molecule has 1 aliphatic rings. The van der Waals surface area contributed by atoms with Crippen LogP contribution in [-0.4, -0.2) is 38.0 Å². The Hall–Kier alpha value is -2.40. The third-order valence-electron chi connectivity index (χ3n) is 5.42. The monoisotopic (exact) mass is 384 g/mol. The van der Waals surface area contributed by atoms with Crippen molar-refractivity contribution >= 4 is 5.78 Å². The minimum Gasteiger partial charge on any atom is -0.493 e. The molecule has 2 unspecified atom stereocenters. The van der Waals surface area contributed by atoms with Gasteiger partial charge in [0.25, 0.3) is 0 Å². The molecule has 2 aromatic carbocycles. The third kappa shape index (κ3) is 4.36. The molecule has 0 amide bonds. The molecule has 0 saturated carbocycles. The quantitative estimate of drug-likeness (QED) is 0.649. The lowest BCUT2D eigenvalue weighted by Gasteiger charge is -2.39. The molecule has 28 heavy (non-hydrogen) atoms. The van der Waals surface area contributed by atoms with E-state index in [0.717, 1.165) is 31.5 Å². The van der Waals surface area contributed by atoms with Crippen LogP contribution >= 0.6 is 0 Å². The SMILES string of the molecule is C[CH]CN1CCC(C(=O)c2ccc(F)cc2)CC1c1ccc(OC)c(OC)c1. The minimum atomic E-state index is -0.326. The largest absolute Gasteiger partial charge is 0.493 e. The molecular formula is C23H27FNO3. The van der Waals surface area contributed by atoms with E-state index in [1.54, 1.807) is 26.4 Å². The van der Waals surface area contributed by atoms with E-state index in [9.17, 15) is 9.18 Å². The Morgan fingerprint density at radius 1 is 1.14 bits per heavy atom. The van der Waals surface area contributed by atoms with Crippen molar-refractivity contribution in [2.24, 2.45) is 5.92 Å². The van der Waals surface area contributed by atoms with Crippen LogP contribution in [0.4, 0.5) is 4.39 Å². The number of nitrogens with zero attached hydrogens (tertiary/aromatic N) is 1. The number of ether oxygens (including phenoxy) is 2. The molecule has 2 atom stereocenters. The number of rotatable bonds is 7. The van der Waals surface area contributed by atoms with E-state index in [4.69, 9.17) is 9.47 Å². The van der Waals surface area contributed by atoms with Crippen molar-refractivity contribution in [2.45, 2.75) is 25.8 Å². The van der Waals surface area contributed by atoms with Gasteiger partial charge in [-0.3, -0.25) is 9.69 Å². The van der Waals surface area contributed by atoms with Crippen molar-refractivity contribution in [1.82, 2.24) is 4.90 Å². The molecule has 2 aromatic rings. The summed E-state index contributed by atoms with van der Waals surface area (Å²) in [5.41, 5.74) is 1.68. The molecule has 1 radical (unpaired) electrons. The summed E-state index contributed by atoms with van der Waals surface area (Å²) >= 11 is 0. The first-order valence-corrected chi connectivity index (χ1v) is 9.61. The summed E-state index contributed by atoms with van der Waals surface area (Å²) in [6.07, 6.45) is 3.66.